The van der Waals surface area contributed by atoms with Gasteiger partial charge in [0.15, 0.2) is 0 Å². The number of hydrogen-bond donors (Lipinski definition) is 4. The Bertz CT molecular complexity index is 812. The van der Waals surface area contributed by atoms with Crippen LogP contribution in [0.15, 0.2) is 18.2 Å². The van der Waals surface area contributed by atoms with Crippen molar-refractivity contribution < 1.29 is 14.7 Å². The molecule has 0 bridgehead atoms. The molecule has 4 rings (SSSR count). The van der Waals surface area contributed by atoms with E-state index in [1.165, 1.54) is 16.7 Å². The molecule has 1 aliphatic carbocycles. The third kappa shape index (κ3) is 4.46. The number of aryl methyl sites for hydroxylation is 1. The van der Waals surface area contributed by atoms with Crippen LogP contribution in [0.1, 0.15) is 88.2 Å². The molecule has 0 aromatic heterocycles. The zero-order chi connectivity index (χ0) is 22.9. The van der Waals surface area contributed by atoms with Crippen molar-refractivity contribution in [3.05, 3.63) is 34.9 Å². The molecule has 1 aromatic rings. The molecule has 2 saturated heterocycles. The van der Waals surface area contributed by atoms with Gasteiger partial charge in [-0.15, -0.1) is 0 Å². The fraction of sp³-hybridized carbons (Fsp3) is 0.720. The van der Waals surface area contributed by atoms with Crippen LogP contribution in [-0.2, 0) is 16.1 Å². The monoisotopic (exact) mass is 444 g/mol. The van der Waals surface area contributed by atoms with Crippen LogP contribution >= 0.6 is 0 Å². The van der Waals surface area contributed by atoms with Gasteiger partial charge in [0.2, 0.25) is 5.91 Å². The Labute approximate surface area is 192 Å². The van der Waals surface area contributed by atoms with Gasteiger partial charge in [-0.05, 0) is 68.7 Å². The number of nitrogens with zero attached hydrogens (tertiary/aromatic N) is 1. The van der Waals surface area contributed by atoms with E-state index in [9.17, 15) is 9.90 Å². The van der Waals surface area contributed by atoms with Gasteiger partial charge in [-0.1, -0.05) is 39.0 Å². The minimum Gasteiger partial charge on any atom is -0.395 e. The van der Waals surface area contributed by atoms with Crippen molar-refractivity contribution in [1.82, 2.24) is 21.0 Å². The second-order valence-corrected chi connectivity index (χ2v) is 9.87. The number of carbonyl (C=O) groups excluding carboxylic acids is 1. The third-order valence-electron chi connectivity index (χ3n) is 8.06. The van der Waals surface area contributed by atoms with Crippen LogP contribution in [-0.4, -0.2) is 47.4 Å². The molecule has 32 heavy (non-hydrogen) atoms. The molecule has 0 spiro atoms. The van der Waals surface area contributed by atoms with Crippen LogP contribution in [0.2, 0.25) is 0 Å². The molecular formula is C25H40N4O3. The predicted octanol–water partition coefficient (Wildman–Crippen LogP) is 2.91. The molecule has 1 aromatic carbocycles. The van der Waals surface area contributed by atoms with E-state index in [1.807, 2.05) is 0 Å². The van der Waals surface area contributed by atoms with E-state index in [0.29, 0.717) is 6.42 Å². The molecule has 0 radical (unpaired) electrons. The van der Waals surface area contributed by atoms with E-state index in [2.05, 4.69) is 67.0 Å². The molecule has 5 atom stereocenters. The summed E-state index contributed by atoms with van der Waals surface area (Å²) in [6, 6.07) is 6.66. The first-order valence-corrected chi connectivity index (χ1v) is 12.4. The van der Waals surface area contributed by atoms with Crippen molar-refractivity contribution in [2.75, 3.05) is 13.7 Å². The molecule has 178 valence electrons. The van der Waals surface area contributed by atoms with E-state index in [1.54, 1.807) is 0 Å². The van der Waals surface area contributed by atoms with E-state index in [0.717, 1.165) is 38.5 Å². The highest BCUT2D eigenvalue weighted by molar-refractivity contribution is 5.79. The number of aliphatic hydroxyl groups excluding tert-OH is 1. The van der Waals surface area contributed by atoms with Gasteiger partial charge in [0, 0.05) is 17.5 Å². The number of hydroxylamine groups is 1. The summed E-state index contributed by atoms with van der Waals surface area (Å²) in [6.45, 7) is 6.53. The van der Waals surface area contributed by atoms with Gasteiger partial charge in [-0.25, -0.2) is 0 Å². The molecule has 4 unspecified atom stereocenters. The summed E-state index contributed by atoms with van der Waals surface area (Å²) in [7, 11) is 2.08. The molecule has 7 nitrogen and oxygen atoms in total. The summed E-state index contributed by atoms with van der Waals surface area (Å²) < 4.78 is 0. The third-order valence-corrected chi connectivity index (χ3v) is 8.06. The van der Waals surface area contributed by atoms with Crippen molar-refractivity contribution in [3.63, 3.8) is 0 Å². The van der Waals surface area contributed by atoms with Gasteiger partial charge in [0.05, 0.1) is 12.6 Å². The van der Waals surface area contributed by atoms with Crippen LogP contribution in [0, 0.1) is 5.92 Å². The molecular weight excluding hydrogens is 404 g/mol. The van der Waals surface area contributed by atoms with Gasteiger partial charge < -0.3 is 15.7 Å². The Kier molecular flexibility index (Phi) is 7.22. The van der Waals surface area contributed by atoms with Crippen molar-refractivity contribution in [1.29, 1.82) is 0 Å². The maximum absolute atomic E-state index is 13.3. The molecule has 1 amide bonds. The SMILES string of the molecule is CCC1ONC(c2ccc3c(c2)CC[C@H]3NC(=O)C2CC(CO)NC(CC)(CC)C2)N1C. The van der Waals surface area contributed by atoms with Gasteiger partial charge in [0.25, 0.3) is 0 Å². The van der Waals surface area contributed by atoms with Crippen LogP contribution in [0.3, 0.4) is 0 Å². The number of nitrogens with one attached hydrogen (secondary N) is 3. The molecule has 2 heterocycles. The Morgan fingerprint density at radius 3 is 2.75 bits per heavy atom. The van der Waals surface area contributed by atoms with Crippen molar-refractivity contribution in [2.24, 2.45) is 5.92 Å². The Morgan fingerprint density at radius 1 is 1.31 bits per heavy atom. The van der Waals surface area contributed by atoms with E-state index >= 15 is 0 Å². The summed E-state index contributed by atoms with van der Waals surface area (Å²) in [5.41, 5.74) is 6.86. The molecule has 0 saturated carbocycles. The number of piperidine rings is 1. The lowest BCUT2D eigenvalue weighted by atomic mass is 9.75. The largest absolute Gasteiger partial charge is 0.395 e. The van der Waals surface area contributed by atoms with Gasteiger partial charge >= 0.3 is 0 Å². The average molecular weight is 445 g/mol. The standard InChI is InChI=1S/C25H40N4O3/c1-5-22-29(4)23(28-32-22)17-8-10-20-16(12-17)9-11-21(20)26-24(31)18-13-19(15-30)27-25(6-2,7-3)14-18/h8,10,12,18-19,21-23,27-28,30H,5-7,9,11,13-15H2,1-4H3,(H,26,31)/t18?,19?,21-,22?,23?/m1/s1. The second kappa shape index (κ2) is 9.77. The van der Waals surface area contributed by atoms with Crippen molar-refractivity contribution >= 4 is 5.91 Å². The normalized spacial score (nSPS) is 32.1. The first-order valence-electron chi connectivity index (χ1n) is 12.4. The first kappa shape index (κ1) is 23.6. The lowest BCUT2D eigenvalue weighted by Gasteiger charge is -2.44. The van der Waals surface area contributed by atoms with E-state index < -0.39 is 0 Å². The van der Waals surface area contributed by atoms with Crippen LogP contribution in [0.25, 0.3) is 0 Å². The number of fused-ring (bicyclic) bond motifs is 1. The lowest BCUT2D eigenvalue weighted by molar-refractivity contribution is -0.128. The van der Waals surface area contributed by atoms with E-state index in [-0.39, 0.29) is 48.4 Å². The maximum Gasteiger partial charge on any atom is 0.223 e. The minimum absolute atomic E-state index is 0.0112. The summed E-state index contributed by atoms with van der Waals surface area (Å²) in [4.78, 5) is 21.2. The summed E-state index contributed by atoms with van der Waals surface area (Å²) >= 11 is 0. The topological polar surface area (TPSA) is 85.9 Å². The molecule has 2 fully saturated rings. The highest BCUT2D eigenvalue weighted by Crippen LogP contribution is 2.37. The van der Waals surface area contributed by atoms with Gasteiger partial charge in [-0.3, -0.25) is 14.5 Å². The van der Waals surface area contributed by atoms with Crippen LogP contribution < -0.4 is 16.1 Å². The maximum atomic E-state index is 13.3. The summed E-state index contributed by atoms with van der Waals surface area (Å²) in [5, 5.41) is 16.7. The fourth-order valence-electron chi connectivity index (χ4n) is 5.91. The fourth-order valence-corrected chi connectivity index (χ4v) is 5.91. The number of hydrogen-bond acceptors (Lipinski definition) is 6. The average Bonchev–Trinajstić information content (AvgIpc) is 3.40. The van der Waals surface area contributed by atoms with Gasteiger partial charge in [-0.2, -0.15) is 5.48 Å². The number of amides is 1. The smallest absolute Gasteiger partial charge is 0.223 e. The number of carbonyl (C=O) groups is 1. The molecule has 2 aliphatic heterocycles. The molecule has 7 heteroatoms. The van der Waals surface area contributed by atoms with Gasteiger partial charge in [0.1, 0.15) is 12.4 Å². The lowest BCUT2D eigenvalue weighted by Crippen LogP contribution is -2.58. The molecule has 3 aliphatic rings. The molecule has 4 N–H and O–H groups in total. The van der Waals surface area contributed by atoms with Crippen LogP contribution in [0.4, 0.5) is 0 Å². The van der Waals surface area contributed by atoms with E-state index in [4.69, 9.17) is 4.84 Å². The zero-order valence-electron chi connectivity index (χ0n) is 20.0. The second-order valence-electron chi connectivity index (χ2n) is 9.87. The minimum atomic E-state index is -0.0606. The quantitative estimate of drug-likeness (QED) is 0.517. The zero-order valence-corrected chi connectivity index (χ0v) is 20.0. The van der Waals surface area contributed by atoms with Crippen molar-refractivity contribution in [3.8, 4) is 0 Å². The van der Waals surface area contributed by atoms with Crippen LogP contribution in [0.5, 0.6) is 0 Å². The van der Waals surface area contributed by atoms with Crippen molar-refractivity contribution in [2.45, 2.75) is 95.7 Å². The summed E-state index contributed by atoms with van der Waals surface area (Å²) in [6.07, 6.45) is 6.45. The highest BCUT2D eigenvalue weighted by Gasteiger charge is 2.41. The number of rotatable bonds is 7. The number of benzene rings is 1. The Morgan fingerprint density at radius 2 is 2.09 bits per heavy atom. The number of aliphatic hydroxyl groups is 1. The highest BCUT2D eigenvalue weighted by atomic mass is 16.7. The Balaban J connectivity index is 1.44. The first-order chi connectivity index (χ1) is 15.4. The Hall–Kier alpha value is -1.51. The predicted molar refractivity (Wildman–Crippen MR) is 124 cm³/mol. The summed E-state index contributed by atoms with van der Waals surface area (Å²) in [5.74, 6) is 0.0746.